The summed E-state index contributed by atoms with van der Waals surface area (Å²) in [4.78, 5) is 13.4. The van der Waals surface area contributed by atoms with Crippen molar-refractivity contribution in [1.82, 2.24) is 4.90 Å². The molecule has 1 unspecified atom stereocenters. The Hall–Kier alpha value is -1.35. The van der Waals surface area contributed by atoms with E-state index in [1.165, 1.54) is 5.56 Å². The molecule has 1 aromatic carbocycles. The van der Waals surface area contributed by atoms with Crippen molar-refractivity contribution in [3.63, 3.8) is 0 Å². The van der Waals surface area contributed by atoms with Crippen LogP contribution >= 0.6 is 0 Å². The quantitative estimate of drug-likeness (QED) is 0.870. The Balaban J connectivity index is 1.92. The highest BCUT2D eigenvalue weighted by molar-refractivity contribution is 5.70. The molecule has 0 aromatic heterocycles. The van der Waals surface area contributed by atoms with Crippen LogP contribution in [0.1, 0.15) is 18.9 Å². The molecule has 0 spiro atoms. The van der Waals surface area contributed by atoms with E-state index in [0.717, 1.165) is 26.1 Å². The van der Waals surface area contributed by atoms with Gasteiger partial charge >= 0.3 is 5.97 Å². The van der Waals surface area contributed by atoms with Gasteiger partial charge in [0.2, 0.25) is 0 Å². The van der Waals surface area contributed by atoms with Gasteiger partial charge in [0, 0.05) is 13.1 Å². The molecule has 0 bridgehead atoms. The van der Waals surface area contributed by atoms with Crippen molar-refractivity contribution in [2.24, 2.45) is 11.8 Å². The van der Waals surface area contributed by atoms with Crippen molar-refractivity contribution in [2.75, 3.05) is 13.1 Å². The maximum absolute atomic E-state index is 11.0. The van der Waals surface area contributed by atoms with E-state index >= 15 is 0 Å². The van der Waals surface area contributed by atoms with Crippen molar-refractivity contribution in [3.8, 4) is 0 Å². The summed E-state index contributed by atoms with van der Waals surface area (Å²) < 4.78 is 0. The fraction of sp³-hybridized carbons (Fsp3) is 0.500. The third-order valence-corrected chi connectivity index (χ3v) is 3.56. The summed E-state index contributed by atoms with van der Waals surface area (Å²) in [5.74, 6) is -0.566. The monoisotopic (exact) mass is 233 g/mol. The lowest BCUT2D eigenvalue weighted by molar-refractivity contribution is -0.145. The smallest absolute Gasteiger partial charge is 0.306 e. The van der Waals surface area contributed by atoms with Crippen molar-refractivity contribution < 1.29 is 9.90 Å². The summed E-state index contributed by atoms with van der Waals surface area (Å²) in [5, 5.41) is 9.07. The van der Waals surface area contributed by atoms with Crippen LogP contribution in [0.15, 0.2) is 30.3 Å². The van der Waals surface area contributed by atoms with Gasteiger partial charge in [-0.05, 0) is 24.4 Å². The molecule has 1 N–H and O–H groups in total. The second-order valence-electron chi connectivity index (χ2n) is 4.93. The Morgan fingerprint density at radius 2 is 2.12 bits per heavy atom. The summed E-state index contributed by atoms with van der Waals surface area (Å²) in [7, 11) is 0. The number of carboxylic acids is 1. The number of piperidine rings is 1. The molecule has 0 aliphatic carbocycles. The topological polar surface area (TPSA) is 40.5 Å². The molecule has 1 aromatic rings. The first kappa shape index (κ1) is 12.1. The van der Waals surface area contributed by atoms with Crippen LogP contribution in [-0.2, 0) is 11.3 Å². The van der Waals surface area contributed by atoms with Gasteiger partial charge in [0.05, 0.1) is 5.92 Å². The molecule has 2 atom stereocenters. The van der Waals surface area contributed by atoms with E-state index in [2.05, 4.69) is 17.0 Å². The third kappa shape index (κ3) is 3.07. The van der Waals surface area contributed by atoms with Crippen LogP contribution in [0.3, 0.4) is 0 Å². The van der Waals surface area contributed by atoms with Gasteiger partial charge in [0.15, 0.2) is 0 Å². The Labute approximate surface area is 102 Å². The zero-order valence-corrected chi connectivity index (χ0v) is 10.2. The number of benzene rings is 1. The van der Waals surface area contributed by atoms with Crippen LogP contribution in [0.5, 0.6) is 0 Å². The standard InChI is InChI=1S/C14H19NO2/c1-11-9-15(8-7-13(11)14(16)17)10-12-5-3-2-4-6-12/h2-6,11,13H,7-10H2,1H3,(H,16,17)/t11-,13?/m0/s1. The highest BCUT2D eigenvalue weighted by Gasteiger charge is 2.30. The number of nitrogens with zero attached hydrogens (tertiary/aromatic N) is 1. The molecule has 1 aliphatic heterocycles. The Bertz CT molecular complexity index is 377. The molecule has 0 saturated carbocycles. The molecule has 92 valence electrons. The predicted molar refractivity (Wildman–Crippen MR) is 66.6 cm³/mol. The summed E-state index contributed by atoms with van der Waals surface area (Å²) in [6.07, 6.45) is 0.767. The molecule has 1 heterocycles. The molecular formula is C14H19NO2. The van der Waals surface area contributed by atoms with Gasteiger partial charge in [-0.2, -0.15) is 0 Å². The largest absolute Gasteiger partial charge is 0.481 e. The molecule has 2 rings (SSSR count). The maximum atomic E-state index is 11.0. The zero-order chi connectivity index (χ0) is 12.3. The Morgan fingerprint density at radius 1 is 1.41 bits per heavy atom. The van der Waals surface area contributed by atoms with Crippen molar-refractivity contribution >= 4 is 5.97 Å². The minimum atomic E-state index is -0.642. The summed E-state index contributed by atoms with van der Waals surface area (Å²) in [6.45, 7) is 4.73. The first-order valence-corrected chi connectivity index (χ1v) is 6.16. The lowest BCUT2D eigenvalue weighted by atomic mass is 9.87. The number of rotatable bonds is 3. The number of likely N-dealkylation sites (tertiary alicyclic amines) is 1. The molecular weight excluding hydrogens is 214 g/mol. The van der Waals surface area contributed by atoms with E-state index in [4.69, 9.17) is 5.11 Å². The molecule has 0 amide bonds. The highest BCUT2D eigenvalue weighted by atomic mass is 16.4. The van der Waals surface area contributed by atoms with E-state index in [1.807, 2.05) is 25.1 Å². The molecule has 3 heteroatoms. The van der Waals surface area contributed by atoms with E-state index < -0.39 is 5.97 Å². The first-order valence-electron chi connectivity index (χ1n) is 6.16. The van der Waals surface area contributed by atoms with Crippen molar-refractivity contribution in [2.45, 2.75) is 19.9 Å². The number of aliphatic carboxylic acids is 1. The van der Waals surface area contributed by atoms with Gasteiger partial charge < -0.3 is 5.11 Å². The number of hydrogen-bond donors (Lipinski definition) is 1. The average Bonchev–Trinajstić information content (AvgIpc) is 2.30. The zero-order valence-electron chi connectivity index (χ0n) is 10.2. The number of carbonyl (C=O) groups is 1. The molecule has 1 saturated heterocycles. The minimum absolute atomic E-state index is 0.165. The van der Waals surface area contributed by atoms with Crippen LogP contribution in [0, 0.1) is 11.8 Å². The van der Waals surface area contributed by atoms with E-state index in [9.17, 15) is 4.79 Å². The lowest BCUT2D eigenvalue weighted by Crippen LogP contribution is -2.41. The van der Waals surface area contributed by atoms with Gasteiger partial charge in [0.1, 0.15) is 0 Å². The molecule has 17 heavy (non-hydrogen) atoms. The Kier molecular flexibility index (Phi) is 3.79. The van der Waals surface area contributed by atoms with E-state index in [1.54, 1.807) is 0 Å². The van der Waals surface area contributed by atoms with Crippen LogP contribution in [-0.4, -0.2) is 29.1 Å². The van der Waals surface area contributed by atoms with Gasteiger partial charge in [-0.15, -0.1) is 0 Å². The summed E-state index contributed by atoms with van der Waals surface area (Å²) in [6, 6.07) is 10.3. The number of hydrogen-bond acceptors (Lipinski definition) is 2. The van der Waals surface area contributed by atoms with Gasteiger partial charge in [-0.3, -0.25) is 9.69 Å². The van der Waals surface area contributed by atoms with Crippen LogP contribution in [0.4, 0.5) is 0 Å². The normalized spacial score (nSPS) is 25.7. The van der Waals surface area contributed by atoms with Crippen molar-refractivity contribution in [1.29, 1.82) is 0 Å². The molecule has 1 fully saturated rings. The lowest BCUT2D eigenvalue weighted by Gasteiger charge is -2.34. The number of carboxylic acid groups (broad SMARTS) is 1. The maximum Gasteiger partial charge on any atom is 0.306 e. The molecule has 3 nitrogen and oxygen atoms in total. The van der Waals surface area contributed by atoms with Gasteiger partial charge in [-0.25, -0.2) is 0 Å². The fourth-order valence-corrected chi connectivity index (χ4v) is 2.58. The minimum Gasteiger partial charge on any atom is -0.481 e. The summed E-state index contributed by atoms with van der Waals surface area (Å²) >= 11 is 0. The van der Waals surface area contributed by atoms with Crippen LogP contribution in [0.25, 0.3) is 0 Å². The van der Waals surface area contributed by atoms with Crippen molar-refractivity contribution in [3.05, 3.63) is 35.9 Å². The molecule has 1 aliphatic rings. The van der Waals surface area contributed by atoms with Crippen LogP contribution < -0.4 is 0 Å². The first-order chi connectivity index (χ1) is 8.16. The summed E-state index contributed by atoms with van der Waals surface area (Å²) in [5.41, 5.74) is 1.30. The average molecular weight is 233 g/mol. The van der Waals surface area contributed by atoms with Gasteiger partial charge in [-0.1, -0.05) is 37.3 Å². The Morgan fingerprint density at radius 3 is 2.71 bits per heavy atom. The fourth-order valence-electron chi connectivity index (χ4n) is 2.58. The third-order valence-electron chi connectivity index (χ3n) is 3.56. The van der Waals surface area contributed by atoms with Crippen LogP contribution in [0.2, 0.25) is 0 Å². The molecule has 0 radical (unpaired) electrons. The van der Waals surface area contributed by atoms with Gasteiger partial charge in [0.25, 0.3) is 0 Å². The van der Waals surface area contributed by atoms with E-state index in [-0.39, 0.29) is 11.8 Å². The SMILES string of the molecule is C[C@H]1CN(Cc2ccccc2)CCC1C(=O)O. The second-order valence-corrected chi connectivity index (χ2v) is 4.93. The highest BCUT2D eigenvalue weighted by Crippen LogP contribution is 2.24. The predicted octanol–water partition coefficient (Wildman–Crippen LogP) is 2.23. The second kappa shape index (κ2) is 5.32. The van der Waals surface area contributed by atoms with E-state index in [0.29, 0.717) is 0 Å².